The molecule has 1 aliphatic heterocycles. The molecule has 1 N–H and O–H groups in total. The molecule has 0 saturated carbocycles. The summed E-state index contributed by atoms with van der Waals surface area (Å²) in [4.78, 5) is 0. The number of aromatic nitrogens is 1. The second-order valence-corrected chi connectivity index (χ2v) is 18.8. The van der Waals surface area contributed by atoms with Crippen LogP contribution in [0.3, 0.4) is 0 Å². The maximum atomic E-state index is 4.12. The number of thiophene rings is 3. The minimum absolute atomic E-state index is 0.854. The van der Waals surface area contributed by atoms with Gasteiger partial charge >= 0.3 is 0 Å². The Bertz CT molecular complexity index is 3940. The van der Waals surface area contributed by atoms with Crippen LogP contribution in [0.5, 0.6) is 0 Å². The van der Waals surface area contributed by atoms with Crippen molar-refractivity contribution in [3.05, 3.63) is 164 Å². The highest BCUT2D eigenvalue weighted by molar-refractivity contribution is 7.28. The van der Waals surface area contributed by atoms with Gasteiger partial charge in [-0.05, 0) is 52.8 Å². The van der Waals surface area contributed by atoms with Gasteiger partial charge < -0.3 is 9.88 Å². The summed E-state index contributed by atoms with van der Waals surface area (Å²) in [5.74, 6) is 0. The van der Waals surface area contributed by atoms with E-state index in [0.29, 0.717) is 0 Å². The summed E-state index contributed by atoms with van der Waals surface area (Å²) in [7, 11) is 0.854. The van der Waals surface area contributed by atoms with Gasteiger partial charge in [0.2, 0.25) is 0 Å². The molecule has 14 rings (SSSR count). The molecule has 0 atom stereocenters. The second-order valence-electron chi connectivity index (χ2n) is 15.6. The average molecular weight is 789 g/mol. The van der Waals surface area contributed by atoms with Gasteiger partial charge in [-0.3, -0.25) is 0 Å². The van der Waals surface area contributed by atoms with Crippen LogP contribution in [-0.2, 0) is 0 Å². The lowest BCUT2D eigenvalue weighted by atomic mass is 9.59. The third kappa shape index (κ3) is 4.16. The van der Waals surface area contributed by atoms with Crippen LogP contribution in [0.25, 0.3) is 110 Å². The molecule has 0 fully saturated rings. The summed E-state index contributed by atoms with van der Waals surface area (Å²) in [5, 5.41) is 17.2. The van der Waals surface area contributed by atoms with E-state index in [0.717, 1.165) is 18.7 Å². The Morgan fingerprint density at radius 1 is 0.397 bits per heavy atom. The summed E-state index contributed by atoms with van der Waals surface area (Å²) < 4.78 is 10.5. The maximum Gasteiger partial charge on any atom is 0.198 e. The van der Waals surface area contributed by atoms with E-state index in [1.807, 2.05) is 34.0 Å². The number of benzene rings is 9. The fraction of sp³-hybridized carbons (Fsp3) is 0. The molecule has 6 heteroatoms. The first kappa shape index (κ1) is 31.6. The van der Waals surface area contributed by atoms with Crippen molar-refractivity contribution >= 4 is 157 Å². The summed E-state index contributed by atoms with van der Waals surface area (Å²) in [6, 6.07) is 61.2. The van der Waals surface area contributed by atoms with Crippen LogP contribution in [0.2, 0.25) is 0 Å². The Morgan fingerprint density at radius 3 is 1.74 bits per heavy atom. The molecular weight excluding hydrogens is 760 g/mol. The quantitative estimate of drug-likeness (QED) is 0.176. The lowest BCUT2D eigenvalue weighted by Gasteiger charge is -2.26. The van der Waals surface area contributed by atoms with Gasteiger partial charge in [-0.2, -0.15) is 0 Å². The highest BCUT2D eigenvalue weighted by Crippen LogP contribution is 2.51. The van der Waals surface area contributed by atoms with Gasteiger partial charge in [0.15, 0.2) is 7.28 Å². The van der Waals surface area contributed by atoms with Gasteiger partial charge in [0.1, 0.15) is 0 Å². The fourth-order valence-corrected chi connectivity index (χ4v) is 13.8. The van der Waals surface area contributed by atoms with E-state index < -0.39 is 0 Å². The third-order valence-corrected chi connectivity index (χ3v) is 16.2. The largest absolute Gasteiger partial charge is 0.354 e. The molecular formula is C52H29BN2S3. The predicted molar refractivity (Wildman–Crippen MR) is 259 cm³/mol. The average Bonchev–Trinajstić information content (AvgIpc) is 4.04. The fourth-order valence-electron chi connectivity index (χ4n) is 10.1. The molecule has 0 spiro atoms. The van der Waals surface area contributed by atoms with Crippen molar-refractivity contribution in [2.45, 2.75) is 0 Å². The van der Waals surface area contributed by atoms with Crippen LogP contribution in [0, 0.1) is 0 Å². The van der Waals surface area contributed by atoms with Crippen LogP contribution >= 0.6 is 34.0 Å². The Hall–Kier alpha value is -6.44. The lowest BCUT2D eigenvalue weighted by molar-refractivity contribution is 1.20. The Kier molecular flexibility index (Phi) is 6.32. The molecule has 5 heterocycles. The number of para-hydroxylation sites is 1. The van der Waals surface area contributed by atoms with E-state index in [-0.39, 0.29) is 0 Å². The van der Waals surface area contributed by atoms with Gasteiger partial charge in [0, 0.05) is 94.4 Å². The SMILES string of the molecule is B1c2c(cc3c(sc4ccccc43)c2-c2c(Nc3cccc4c3sc3ccccc34)ccc3c2sc2ccccc23)-n2c3c1cccc3c1ccc3ccccc3c12. The molecule has 0 unspecified atom stereocenters. The minimum Gasteiger partial charge on any atom is -0.354 e. The molecule has 0 amide bonds. The predicted octanol–water partition coefficient (Wildman–Crippen LogP) is 14.2. The van der Waals surface area contributed by atoms with Crippen molar-refractivity contribution in [1.29, 1.82) is 0 Å². The van der Waals surface area contributed by atoms with Crippen molar-refractivity contribution in [3.8, 4) is 16.8 Å². The second kappa shape index (κ2) is 11.6. The number of hydrogen-bond acceptors (Lipinski definition) is 4. The molecule has 0 aliphatic carbocycles. The van der Waals surface area contributed by atoms with Gasteiger partial charge in [-0.25, -0.2) is 0 Å². The van der Waals surface area contributed by atoms with E-state index in [1.165, 1.54) is 121 Å². The number of anilines is 2. The van der Waals surface area contributed by atoms with E-state index in [2.05, 4.69) is 174 Å². The Morgan fingerprint density at radius 2 is 0.966 bits per heavy atom. The zero-order valence-electron chi connectivity index (χ0n) is 31.0. The highest BCUT2D eigenvalue weighted by Gasteiger charge is 2.31. The van der Waals surface area contributed by atoms with E-state index in [1.54, 1.807) is 0 Å². The molecule has 0 saturated heterocycles. The molecule has 58 heavy (non-hydrogen) atoms. The topological polar surface area (TPSA) is 17.0 Å². The molecule has 1 aliphatic rings. The molecule has 2 nitrogen and oxygen atoms in total. The third-order valence-electron chi connectivity index (χ3n) is 12.6. The Balaban J connectivity index is 1.16. The maximum absolute atomic E-state index is 4.12. The monoisotopic (exact) mass is 788 g/mol. The molecule has 4 aromatic heterocycles. The first-order valence-electron chi connectivity index (χ1n) is 19.8. The highest BCUT2D eigenvalue weighted by atomic mass is 32.1. The van der Waals surface area contributed by atoms with Gasteiger partial charge in [-0.1, -0.05) is 133 Å². The van der Waals surface area contributed by atoms with Crippen molar-refractivity contribution in [2.75, 3.05) is 5.32 Å². The van der Waals surface area contributed by atoms with Crippen LogP contribution < -0.4 is 16.2 Å². The summed E-state index contributed by atoms with van der Waals surface area (Å²) >= 11 is 5.75. The van der Waals surface area contributed by atoms with Crippen LogP contribution in [-0.4, -0.2) is 11.8 Å². The molecule has 13 aromatic rings. The Labute approximate surface area is 345 Å². The summed E-state index contributed by atoms with van der Waals surface area (Å²) in [6.45, 7) is 0. The zero-order chi connectivity index (χ0) is 37.6. The van der Waals surface area contributed by atoms with Crippen LogP contribution in [0.4, 0.5) is 11.4 Å². The summed E-state index contributed by atoms with van der Waals surface area (Å²) in [5.41, 5.74) is 11.6. The first-order valence-corrected chi connectivity index (χ1v) is 22.2. The molecule has 0 radical (unpaired) electrons. The standard InChI is InChI=1S/C52H29BN2S3/c1-2-12-29-28(11-1)23-24-34-33-16-9-18-38-49(33)55(48(29)34)41-27-37-32-15-5-8-22-44(32)58-52(37)46(47(41)53-38)45-39(26-25-36-31-14-4-7-21-43(31)57-51(36)45)54-40-19-10-17-35-30-13-3-6-20-42(30)56-50(35)40/h1-27,53-54H. The molecule has 268 valence electrons. The van der Waals surface area contributed by atoms with E-state index >= 15 is 0 Å². The normalized spacial score (nSPS) is 12.6. The van der Waals surface area contributed by atoms with Gasteiger partial charge in [0.25, 0.3) is 0 Å². The van der Waals surface area contributed by atoms with Crippen molar-refractivity contribution in [3.63, 3.8) is 0 Å². The van der Waals surface area contributed by atoms with E-state index in [9.17, 15) is 0 Å². The van der Waals surface area contributed by atoms with Crippen molar-refractivity contribution in [2.24, 2.45) is 0 Å². The number of nitrogens with zero attached hydrogens (tertiary/aromatic N) is 1. The number of nitrogens with one attached hydrogen (secondary N) is 1. The van der Waals surface area contributed by atoms with Gasteiger partial charge in [0.05, 0.1) is 15.9 Å². The number of fused-ring (bicyclic) bond motifs is 16. The van der Waals surface area contributed by atoms with Gasteiger partial charge in [-0.15, -0.1) is 34.0 Å². The summed E-state index contributed by atoms with van der Waals surface area (Å²) in [6.07, 6.45) is 0. The van der Waals surface area contributed by atoms with Crippen LogP contribution in [0.1, 0.15) is 0 Å². The van der Waals surface area contributed by atoms with Crippen molar-refractivity contribution < 1.29 is 0 Å². The molecule has 0 bridgehead atoms. The lowest BCUT2D eigenvalue weighted by Crippen LogP contribution is -2.37. The van der Waals surface area contributed by atoms with Crippen LogP contribution in [0.15, 0.2) is 164 Å². The minimum atomic E-state index is 0.854. The molecule has 9 aromatic carbocycles. The number of rotatable bonds is 3. The first-order chi connectivity index (χ1) is 28.8. The smallest absolute Gasteiger partial charge is 0.198 e. The number of hydrogen-bond donors (Lipinski definition) is 1. The van der Waals surface area contributed by atoms with E-state index in [4.69, 9.17) is 0 Å². The van der Waals surface area contributed by atoms with Crippen molar-refractivity contribution in [1.82, 2.24) is 4.57 Å². The zero-order valence-corrected chi connectivity index (χ0v) is 33.4.